The smallest absolute Gasteiger partial charge is 0.229 e. The number of hydrogen-bond acceptors (Lipinski definition) is 4. The summed E-state index contributed by atoms with van der Waals surface area (Å²) >= 11 is 0. The lowest BCUT2D eigenvalue weighted by Crippen LogP contribution is -2.69. The first-order chi connectivity index (χ1) is 12.7. The van der Waals surface area contributed by atoms with Crippen molar-refractivity contribution in [1.29, 1.82) is 0 Å². The van der Waals surface area contributed by atoms with Gasteiger partial charge in [0.15, 0.2) is 0 Å². The molecule has 1 aromatic carbocycles. The first kappa shape index (κ1) is 14.2. The number of rotatable bonds is 0. The first-order valence-electron chi connectivity index (χ1n) is 9.88. The van der Waals surface area contributed by atoms with Crippen LogP contribution in [0.4, 0.5) is 5.69 Å². The summed E-state index contributed by atoms with van der Waals surface area (Å²) in [5.74, 6) is 1.34. The topological polar surface area (TPSA) is 53.0 Å². The number of hydrogen-bond donors (Lipinski definition) is 1. The summed E-state index contributed by atoms with van der Waals surface area (Å²) in [5, 5.41) is 10.1. The molecule has 3 saturated heterocycles. The number of carbonyl (C=O) groups excluding carboxylic acids is 1. The van der Waals surface area contributed by atoms with Gasteiger partial charge >= 0.3 is 0 Å². The Kier molecular flexibility index (Phi) is 2.38. The highest BCUT2D eigenvalue weighted by atomic mass is 16.5. The second-order valence-electron chi connectivity index (χ2n) is 8.96. The van der Waals surface area contributed by atoms with Crippen molar-refractivity contribution in [3.8, 4) is 5.75 Å². The van der Waals surface area contributed by atoms with E-state index < -0.39 is 0 Å². The Labute approximate surface area is 152 Å². The molecule has 26 heavy (non-hydrogen) atoms. The number of anilines is 1. The summed E-state index contributed by atoms with van der Waals surface area (Å²) in [5.41, 5.74) is 3.80. The molecule has 1 unspecified atom stereocenters. The fraction of sp³-hybridized carbons (Fsp3) is 0.571. The van der Waals surface area contributed by atoms with Crippen LogP contribution in [0.5, 0.6) is 5.75 Å². The number of amides is 1. The molecule has 5 heterocycles. The molecule has 1 aromatic rings. The third-order valence-electron chi connectivity index (χ3n) is 8.29. The second kappa shape index (κ2) is 4.34. The van der Waals surface area contributed by atoms with Crippen molar-refractivity contribution in [2.24, 2.45) is 11.8 Å². The number of carbonyl (C=O) groups is 1. The summed E-state index contributed by atoms with van der Waals surface area (Å²) in [7, 11) is 0. The van der Waals surface area contributed by atoms with Gasteiger partial charge in [-0.2, -0.15) is 0 Å². The van der Waals surface area contributed by atoms with E-state index in [0.717, 1.165) is 25.2 Å². The maximum Gasteiger partial charge on any atom is 0.229 e. The van der Waals surface area contributed by atoms with Crippen LogP contribution in [0.3, 0.4) is 0 Å². The highest BCUT2D eigenvalue weighted by Gasteiger charge is 2.70. The summed E-state index contributed by atoms with van der Waals surface area (Å²) in [4.78, 5) is 17.9. The van der Waals surface area contributed by atoms with E-state index in [9.17, 15) is 9.90 Å². The largest absolute Gasteiger partial charge is 0.508 e. The molecule has 1 spiro atoms. The van der Waals surface area contributed by atoms with Crippen molar-refractivity contribution in [2.75, 3.05) is 24.6 Å². The number of phenolic OH excluding ortho intramolecular Hbond substituents is 1. The fourth-order valence-electron chi connectivity index (χ4n) is 7.54. The van der Waals surface area contributed by atoms with Crippen LogP contribution in [0.15, 0.2) is 29.8 Å². The third-order valence-corrected chi connectivity index (χ3v) is 8.29. The molecule has 0 aromatic heterocycles. The van der Waals surface area contributed by atoms with Gasteiger partial charge in [-0.25, -0.2) is 0 Å². The van der Waals surface area contributed by atoms with Gasteiger partial charge < -0.3 is 14.7 Å². The Morgan fingerprint density at radius 1 is 1.31 bits per heavy atom. The van der Waals surface area contributed by atoms with E-state index in [0.29, 0.717) is 30.9 Å². The van der Waals surface area contributed by atoms with E-state index in [1.807, 2.05) is 6.07 Å². The van der Waals surface area contributed by atoms with E-state index in [1.54, 1.807) is 6.07 Å². The molecule has 5 nitrogen and oxygen atoms in total. The maximum atomic E-state index is 13.2. The Bertz CT molecular complexity index is 895. The zero-order chi connectivity index (χ0) is 17.2. The molecular weight excluding hydrogens is 328 g/mol. The molecule has 1 aliphatic carbocycles. The van der Waals surface area contributed by atoms with Crippen LogP contribution in [0.2, 0.25) is 0 Å². The predicted octanol–water partition coefficient (Wildman–Crippen LogP) is 1.80. The van der Waals surface area contributed by atoms with Gasteiger partial charge in [0.05, 0.1) is 30.9 Å². The Hall–Kier alpha value is -1.85. The zero-order valence-electron chi connectivity index (χ0n) is 14.6. The Morgan fingerprint density at radius 3 is 3.15 bits per heavy atom. The van der Waals surface area contributed by atoms with Crippen molar-refractivity contribution in [3.05, 3.63) is 35.4 Å². The number of piperidine rings is 2. The van der Waals surface area contributed by atoms with Crippen molar-refractivity contribution < 1.29 is 14.6 Å². The molecule has 5 heteroatoms. The zero-order valence-corrected chi connectivity index (χ0v) is 14.6. The van der Waals surface area contributed by atoms with E-state index >= 15 is 0 Å². The number of aromatic hydroxyl groups is 1. The molecular formula is C21H22N2O3. The number of fused-ring (bicyclic) bond motifs is 2. The molecule has 6 atom stereocenters. The molecule has 1 saturated carbocycles. The summed E-state index contributed by atoms with van der Waals surface area (Å²) in [6.45, 7) is 2.82. The standard InChI is InChI=1S/C21H22N2O3/c24-12-1-2-14-15(7-12)23-18(25)9-16-19-13-8-17-21(14,20(19)23)4-5-22(17)10-11(13)3-6-26-16/h1-3,7,13,16-17,19-20,24H,4-6,8-10H2/t13-,16-,17-,19-,20-,21?/m0/s1. The molecule has 7 rings (SSSR count). The van der Waals surface area contributed by atoms with Crippen LogP contribution in [0, 0.1) is 11.8 Å². The van der Waals surface area contributed by atoms with E-state index in [1.165, 1.54) is 17.6 Å². The molecule has 0 radical (unpaired) electrons. The molecule has 134 valence electrons. The lowest BCUT2D eigenvalue weighted by molar-refractivity contribution is -0.132. The Balaban J connectivity index is 1.55. The summed E-state index contributed by atoms with van der Waals surface area (Å²) < 4.78 is 6.22. The van der Waals surface area contributed by atoms with Crippen molar-refractivity contribution >= 4 is 11.6 Å². The lowest BCUT2D eigenvalue weighted by Gasteiger charge is -2.58. The van der Waals surface area contributed by atoms with Gasteiger partial charge in [0.2, 0.25) is 5.91 Å². The van der Waals surface area contributed by atoms with Crippen LogP contribution in [-0.2, 0) is 14.9 Å². The van der Waals surface area contributed by atoms with Crippen LogP contribution in [-0.4, -0.2) is 53.8 Å². The maximum absolute atomic E-state index is 13.2. The van der Waals surface area contributed by atoms with Gasteiger partial charge in [-0.3, -0.25) is 9.69 Å². The molecule has 2 bridgehead atoms. The average molecular weight is 350 g/mol. The van der Waals surface area contributed by atoms with Crippen LogP contribution < -0.4 is 4.90 Å². The minimum Gasteiger partial charge on any atom is -0.508 e. The van der Waals surface area contributed by atoms with Crippen LogP contribution in [0.25, 0.3) is 0 Å². The van der Waals surface area contributed by atoms with Gasteiger partial charge in [-0.05, 0) is 36.9 Å². The van der Waals surface area contributed by atoms with Gasteiger partial charge in [0.25, 0.3) is 0 Å². The van der Waals surface area contributed by atoms with Crippen molar-refractivity contribution in [3.63, 3.8) is 0 Å². The van der Waals surface area contributed by atoms with Gasteiger partial charge in [0.1, 0.15) is 5.75 Å². The molecule has 1 N–H and O–H groups in total. The SMILES string of the molecule is O=C1C[C@@H]2OCC=C3CN4CCC56c7ccc(O)cc7N1[C@H]5[C@H]2[C@H]3C[C@H]46. The predicted molar refractivity (Wildman–Crippen MR) is 95.1 cm³/mol. The first-order valence-corrected chi connectivity index (χ1v) is 9.88. The van der Waals surface area contributed by atoms with Crippen LogP contribution >= 0.6 is 0 Å². The van der Waals surface area contributed by atoms with Crippen LogP contribution in [0.1, 0.15) is 24.8 Å². The number of benzene rings is 1. The van der Waals surface area contributed by atoms with Gasteiger partial charge in [-0.15, -0.1) is 0 Å². The third kappa shape index (κ3) is 1.37. The van der Waals surface area contributed by atoms with Gasteiger partial charge in [-0.1, -0.05) is 17.7 Å². The van der Waals surface area contributed by atoms with E-state index in [-0.39, 0.29) is 29.2 Å². The molecule has 5 aliphatic heterocycles. The number of phenols is 1. The second-order valence-corrected chi connectivity index (χ2v) is 8.96. The summed E-state index contributed by atoms with van der Waals surface area (Å²) in [6, 6.07) is 6.41. The molecule has 6 aliphatic rings. The minimum atomic E-state index is 0.0117. The Morgan fingerprint density at radius 2 is 2.23 bits per heavy atom. The minimum absolute atomic E-state index is 0.0117. The van der Waals surface area contributed by atoms with Crippen molar-refractivity contribution in [1.82, 2.24) is 4.90 Å². The number of nitrogens with zero attached hydrogens (tertiary/aromatic N) is 2. The van der Waals surface area contributed by atoms with Crippen molar-refractivity contribution in [2.45, 2.75) is 42.9 Å². The normalized spacial score (nSPS) is 44.6. The van der Waals surface area contributed by atoms with Gasteiger partial charge in [0, 0.05) is 30.0 Å². The quantitative estimate of drug-likeness (QED) is 0.725. The summed E-state index contributed by atoms with van der Waals surface area (Å²) in [6.07, 6.45) is 5.10. The number of ether oxygens (including phenoxy) is 1. The molecule has 1 amide bonds. The lowest BCUT2D eigenvalue weighted by atomic mass is 9.53. The fourth-order valence-corrected chi connectivity index (χ4v) is 7.54. The van der Waals surface area contributed by atoms with E-state index in [2.05, 4.69) is 21.9 Å². The monoisotopic (exact) mass is 350 g/mol. The molecule has 4 fully saturated rings. The highest BCUT2D eigenvalue weighted by Crippen LogP contribution is 2.65. The van der Waals surface area contributed by atoms with E-state index in [4.69, 9.17) is 4.74 Å². The highest BCUT2D eigenvalue weighted by molar-refractivity contribution is 5.99. The average Bonchev–Trinajstić information content (AvgIpc) is 3.08.